The molecule has 0 aromatic heterocycles. The maximum atomic E-state index is 13.0. The molecule has 1 N–H and O–H groups in total. The van der Waals surface area contributed by atoms with Crippen LogP contribution in [0.3, 0.4) is 0 Å². The minimum Gasteiger partial charge on any atom is -0.356 e. The van der Waals surface area contributed by atoms with Crippen molar-refractivity contribution in [1.29, 1.82) is 0 Å². The highest BCUT2D eigenvalue weighted by Gasteiger charge is 2.61. The van der Waals surface area contributed by atoms with E-state index in [0.717, 1.165) is 45.4 Å². The Morgan fingerprint density at radius 2 is 1.69 bits per heavy atom. The number of amides is 2. The zero-order valence-electron chi connectivity index (χ0n) is 19.0. The van der Waals surface area contributed by atoms with E-state index in [2.05, 4.69) is 44.0 Å². The number of hydrogen-bond acceptors (Lipinski definition) is 3. The molecule has 0 radical (unpaired) electrons. The summed E-state index contributed by atoms with van der Waals surface area (Å²) in [6.45, 7) is 14.3. The number of hydrogen-bond donors (Lipinski definition) is 1. The number of carbonyl (C=O) groups excluding carboxylic acids is 2. The third-order valence-corrected chi connectivity index (χ3v) is 7.27. The van der Waals surface area contributed by atoms with Crippen LogP contribution in [-0.4, -0.2) is 60.9 Å². The fraction of sp³-hybridized carbons (Fsp3) is 0.833. The Hall–Kier alpha value is -1.36. The van der Waals surface area contributed by atoms with Crippen molar-refractivity contribution in [3.63, 3.8) is 0 Å². The molecule has 0 spiro atoms. The van der Waals surface area contributed by atoms with Gasteiger partial charge in [0.15, 0.2) is 0 Å². The molecule has 2 amide bonds. The monoisotopic (exact) mass is 403 g/mol. The van der Waals surface area contributed by atoms with E-state index >= 15 is 0 Å². The molecule has 2 aliphatic heterocycles. The van der Waals surface area contributed by atoms with Crippen LogP contribution >= 0.6 is 0 Å². The second-order valence-corrected chi connectivity index (χ2v) is 10.2. The zero-order valence-corrected chi connectivity index (χ0v) is 19.0. The normalized spacial score (nSPS) is 27.4. The Kier molecular flexibility index (Phi) is 7.42. The molecule has 1 aliphatic carbocycles. The van der Waals surface area contributed by atoms with E-state index in [-0.39, 0.29) is 29.1 Å². The molecule has 164 valence electrons. The van der Waals surface area contributed by atoms with Gasteiger partial charge in [-0.25, -0.2) is 0 Å². The Balaban J connectivity index is 1.36. The number of nitrogens with zero attached hydrogens (tertiary/aromatic N) is 2. The Labute approximate surface area is 177 Å². The molecule has 0 unspecified atom stereocenters. The maximum Gasteiger partial charge on any atom is 0.226 e. The van der Waals surface area contributed by atoms with Gasteiger partial charge in [-0.3, -0.25) is 9.59 Å². The van der Waals surface area contributed by atoms with E-state index in [0.29, 0.717) is 5.92 Å². The third-order valence-electron chi connectivity index (χ3n) is 7.27. The number of allylic oxidation sites excluding steroid dienone is 2. The largest absolute Gasteiger partial charge is 0.356 e. The van der Waals surface area contributed by atoms with Gasteiger partial charge in [0, 0.05) is 25.6 Å². The van der Waals surface area contributed by atoms with Crippen molar-refractivity contribution in [1.82, 2.24) is 15.1 Å². The lowest BCUT2D eigenvalue weighted by molar-refractivity contribution is -0.137. The Morgan fingerprint density at radius 1 is 1.03 bits per heavy atom. The summed E-state index contributed by atoms with van der Waals surface area (Å²) in [7, 11) is 0. The summed E-state index contributed by atoms with van der Waals surface area (Å²) in [6.07, 6.45) is 8.88. The molecule has 5 nitrogen and oxygen atoms in total. The lowest BCUT2D eigenvalue weighted by Gasteiger charge is -2.32. The van der Waals surface area contributed by atoms with Gasteiger partial charge >= 0.3 is 0 Å². The summed E-state index contributed by atoms with van der Waals surface area (Å²) < 4.78 is 0. The van der Waals surface area contributed by atoms with E-state index in [9.17, 15) is 9.59 Å². The highest BCUT2D eigenvalue weighted by molar-refractivity contribution is 5.84. The molecule has 0 bridgehead atoms. The standard InChI is InChI=1S/C24H41N3O2/c1-18(2)17-20-21(24(20,3)4)23(29)27-15-9-19(10-16-27)22(28)25-11-8-14-26-12-6-5-7-13-26/h17,19-21H,5-16H2,1-4H3,(H,25,28)/t20-,21-/m0/s1. The minimum atomic E-state index is 0.0647. The number of carbonyl (C=O) groups is 2. The number of nitrogens with one attached hydrogen (secondary N) is 1. The Bertz CT molecular complexity index is 610. The molecule has 2 heterocycles. The van der Waals surface area contributed by atoms with Crippen LogP contribution in [0.25, 0.3) is 0 Å². The molecule has 3 aliphatic rings. The molecule has 0 aromatic carbocycles. The number of piperidine rings is 2. The molecule has 1 saturated carbocycles. The van der Waals surface area contributed by atoms with Crippen molar-refractivity contribution in [2.45, 2.75) is 66.2 Å². The van der Waals surface area contributed by atoms with Gasteiger partial charge in [-0.2, -0.15) is 0 Å². The van der Waals surface area contributed by atoms with E-state index < -0.39 is 0 Å². The first kappa shape index (κ1) is 22.3. The van der Waals surface area contributed by atoms with Crippen LogP contribution in [-0.2, 0) is 9.59 Å². The summed E-state index contributed by atoms with van der Waals surface area (Å²) in [5, 5.41) is 3.14. The molecule has 0 aromatic rings. The van der Waals surface area contributed by atoms with Crippen LogP contribution in [0.5, 0.6) is 0 Å². The van der Waals surface area contributed by atoms with Crippen molar-refractivity contribution >= 4 is 11.8 Å². The van der Waals surface area contributed by atoms with Gasteiger partial charge in [-0.05, 0) is 76.9 Å². The topological polar surface area (TPSA) is 52.7 Å². The van der Waals surface area contributed by atoms with Gasteiger partial charge in [0.25, 0.3) is 0 Å². The van der Waals surface area contributed by atoms with E-state index in [4.69, 9.17) is 0 Å². The molecule has 2 saturated heterocycles. The van der Waals surface area contributed by atoms with Crippen molar-refractivity contribution in [3.8, 4) is 0 Å². The van der Waals surface area contributed by atoms with Crippen molar-refractivity contribution in [3.05, 3.63) is 11.6 Å². The third kappa shape index (κ3) is 5.62. The highest BCUT2D eigenvalue weighted by Crippen LogP contribution is 2.60. The SMILES string of the molecule is CC(C)=C[C@H]1[C@@H](C(=O)N2CCC(C(=O)NCCCN3CCCCC3)CC2)C1(C)C. The number of rotatable bonds is 7. The zero-order chi connectivity index (χ0) is 21.0. The van der Waals surface area contributed by atoms with E-state index in [1.807, 2.05) is 4.90 Å². The molecule has 2 atom stereocenters. The van der Waals surface area contributed by atoms with Crippen LogP contribution in [0, 0.1) is 23.2 Å². The van der Waals surface area contributed by atoms with Crippen LogP contribution in [0.2, 0.25) is 0 Å². The smallest absolute Gasteiger partial charge is 0.226 e. The fourth-order valence-electron chi connectivity index (χ4n) is 5.22. The van der Waals surface area contributed by atoms with E-state index in [1.54, 1.807) is 0 Å². The summed E-state index contributed by atoms with van der Waals surface area (Å²) in [5.74, 6) is 1.01. The molecular formula is C24H41N3O2. The van der Waals surface area contributed by atoms with Gasteiger partial charge in [-0.1, -0.05) is 31.9 Å². The fourth-order valence-corrected chi connectivity index (χ4v) is 5.22. The quantitative estimate of drug-likeness (QED) is 0.523. The molecule has 3 rings (SSSR count). The van der Waals surface area contributed by atoms with Gasteiger partial charge in [0.05, 0.1) is 5.92 Å². The minimum absolute atomic E-state index is 0.0647. The van der Waals surface area contributed by atoms with Gasteiger partial charge in [0.2, 0.25) is 11.8 Å². The van der Waals surface area contributed by atoms with Gasteiger partial charge in [0.1, 0.15) is 0 Å². The first-order chi connectivity index (χ1) is 13.8. The van der Waals surface area contributed by atoms with Crippen LogP contribution in [0.4, 0.5) is 0 Å². The number of likely N-dealkylation sites (tertiary alicyclic amines) is 2. The predicted octanol–water partition coefficient (Wildman–Crippen LogP) is 3.46. The first-order valence-electron chi connectivity index (χ1n) is 11.7. The van der Waals surface area contributed by atoms with Gasteiger partial charge < -0.3 is 15.1 Å². The second-order valence-electron chi connectivity index (χ2n) is 10.2. The summed E-state index contributed by atoms with van der Waals surface area (Å²) in [4.78, 5) is 30.0. The molecule has 5 heteroatoms. The lowest BCUT2D eigenvalue weighted by Crippen LogP contribution is -2.44. The average Bonchev–Trinajstić information content (AvgIpc) is 3.24. The summed E-state index contributed by atoms with van der Waals surface area (Å²) >= 11 is 0. The summed E-state index contributed by atoms with van der Waals surface area (Å²) in [6, 6.07) is 0. The van der Waals surface area contributed by atoms with Crippen LogP contribution in [0.15, 0.2) is 11.6 Å². The predicted molar refractivity (Wildman–Crippen MR) is 117 cm³/mol. The molecular weight excluding hydrogens is 362 g/mol. The average molecular weight is 404 g/mol. The second kappa shape index (κ2) is 9.63. The van der Waals surface area contributed by atoms with Crippen molar-refractivity contribution in [2.24, 2.45) is 23.2 Å². The maximum absolute atomic E-state index is 13.0. The highest BCUT2D eigenvalue weighted by atomic mass is 16.2. The molecule has 3 fully saturated rings. The van der Waals surface area contributed by atoms with Crippen molar-refractivity contribution < 1.29 is 9.59 Å². The van der Waals surface area contributed by atoms with E-state index in [1.165, 1.54) is 37.9 Å². The van der Waals surface area contributed by atoms with Crippen LogP contribution in [0.1, 0.15) is 66.2 Å². The lowest BCUT2D eigenvalue weighted by atomic mass is 9.95. The van der Waals surface area contributed by atoms with Gasteiger partial charge in [-0.15, -0.1) is 0 Å². The van der Waals surface area contributed by atoms with Crippen molar-refractivity contribution in [2.75, 3.05) is 39.3 Å². The summed E-state index contributed by atoms with van der Waals surface area (Å²) in [5.41, 5.74) is 1.35. The molecule has 29 heavy (non-hydrogen) atoms. The first-order valence-corrected chi connectivity index (χ1v) is 11.7. The Morgan fingerprint density at radius 3 is 2.31 bits per heavy atom. The van der Waals surface area contributed by atoms with Crippen LogP contribution < -0.4 is 5.32 Å².